The van der Waals surface area contributed by atoms with E-state index in [4.69, 9.17) is 10.1 Å². The lowest BCUT2D eigenvalue weighted by molar-refractivity contribution is -0.132. The topological polar surface area (TPSA) is 50.5 Å². The molecule has 0 bridgehead atoms. The zero-order valence-corrected chi connectivity index (χ0v) is 16.0. The van der Waals surface area contributed by atoms with E-state index in [1.165, 1.54) is 12.8 Å². The molecule has 5 nitrogen and oxygen atoms in total. The molecule has 3 aromatic rings. The van der Waals surface area contributed by atoms with E-state index in [-0.39, 0.29) is 5.91 Å². The smallest absolute Gasteiger partial charge is 0.222 e. The highest BCUT2D eigenvalue weighted by Gasteiger charge is 2.32. The van der Waals surface area contributed by atoms with E-state index in [9.17, 15) is 4.79 Å². The van der Waals surface area contributed by atoms with Crippen molar-refractivity contribution in [3.63, 3.8) is 0 Å². The molecule has 1 aliphatic carbocycles. The van der Waals surface area contributed by atoms with Crippen LogP contribution in [0.1, 0.15) is 43.1 Å². The summed E-state index contributed by atoms with van der Waals surface area (Å²) in [5.74, 6) is 0.913. The molecule has 1 saturated carbocycles. The molecule has 0 radical (unpaired) electrons. The Morgan fingerprint density at radius 1 is 1.31 bits per heavy atom. The second-order valence-electron chi connectivity index (χ2n) is 7.60. The van der Waals surface area contributed by atoms with Crippen LogP contribution in [0.4, 0.5) is 0 Å². The van der Waals surface area contributed by atoms with Gasteiger partial charge >= 0.3 is 0 Å². The van der Waals surface area contributed by atoms with E-state index < -0.39 is 0 Å². The molecule has 5 heteroatoms. The Morgan fingerprint density at radius 2 is 2.04 bits per heavy atom. The van der Waals surface area contributed by atoms with Gasteiger partial charge in [0.1, 0.15) is 0 Å². The highest BCUT2D eigenvalue weighted by atomic mass is 16.2. The first-order chi connectivity index (χ1) is 12.5. The minimum absolute atomic E-state index is 0.217. The molecule has 26 heavy (non-hydrogen) atoms. The first kappa shape index (κ1) is 17.0. The number of amides is 1. The lowest BCUT2D eigenvalue weighted by atomic mass is 10.1. The van der Waals surface area contributed by atoms with Crippen LogP contribution in [0, 0.1) is 19.8 Å². The monoisotopic (exact) mass is 350 g/mol. The first-order valence-corrected chi connectivity index (χ1v) is 9.46. The fourth-order valence-electron chi connectivity index (χ4n) is 3.87. The first-order valence-electron chi connectivity index (χ1n) is 9.46. The summed E-state index contributed by atoms with van der Waals surface area (Å²) in [7, 11) is 1.94. The molecule has 1 aliphatic rings. The van der Waals surface area contributed by atoms with E-state index >= 15 is 0 Å². The lowest BCUT2D eigenvalue weighted by Gasteiger charge is -2.25. The van der Waals surface area contributed by atoms with Crippen molar-refractivity contribution in [3.8, 4) is 0 Å². The second kappa shape index (κ2) is 6.38. The van der Waals surface area contributed by atoms with Gasteiger partial charge in [0.2, 0.25) is 5.91 Å². The van der Waals surface area contributed by atoms with Crippen LogP contribution in [-0.2, 0) is 11.2 Å². The Morgan fingerprint density at radius 3 is 2.77 bits per heavy atom. The van der Waals surface area contributed by atoms with Gasteiger partial charge in [-0.3, -0.25) is 4.79 Å². The van der Waals surface area contributed by atoms with Crippen LogP contribution >= 0.6 is 0 Å². The summed E-state index contributed by atoms with van der Waals surface area (Å²) in [6.45, 7) is 6.27. The summed E-state index contributed by atoms with van der Waals surface area (Å²) in [5.41, 5.74) is 5.05. The Balaban J connectivity index is 1.60. The van der Waals surface area contributed by atoms with Crippen molar-refractivity contribution in [1.29, 1.82) is 0 Å². The van der Waals surface area contributed by atoms with E-state index in [2.05, 4.69) is 19.9 Å². The SMILES string of the molecule is Cc1nc2c3ccccc3nn2c(C)c1CCC(=O)N(C)C(C)C1CC1. The number of carbonyl (C=O) groups is 1. The third-order valence-electron chi connectivity index (χ3n) is 5.92. The molecule has 0 aliphatic heterocycles. The minimum atomic E-state index is 0.217. The molecule has 2 aromatic heterocycles. The second-order valence-corrected chi connectivity index (χ2v) is 7.60. The van der Waals surface area contributed by atoms with Crippen molar-refractivity contribution in [2.75, 3.05) is 7.05 Å². The standard InChI is InChI=1S/C21H26N4O/c1-13-17(11-12-20(26)24(4)14(2)16-9-10-16)15(3)25-21(22-13)18-7-5-6-8-19(18)23-25/h5-8,14,16H,9-12H2,1-4H3. The fraction of sp³-hybridized carbons (Fsp3) is 0.476. The van der Waals surface area contributed by atoms with Crippen LogP contribution in [0.25, 0.3) is 16.6 Å². The van der Waals surface area contributed by atoms with Gasteiger partial charge in [-0.25, -0.2) is 9.50 Å². The van der Waals surface area contributed by atoms with E-state index in [0.717, 1.165) is 33.5 Å². The molecular weight excluding hydrogens is 324 g/mol. The molecule has 1 amide bonds. The maximum Gasteiger partial charge on any atom is 0.222 e. The molecule has 1 atom stereocenters. The Bertz CT molecular complexity index is 986. The molecular formula is C21H26N4O. The van der Waals surface area contributed by atoms with Crippen molar-refractivity contribution in [3.05, 3.63) is 41.2 Å². The molecule has 4 rings (SSSR count). The number of rotatable bonds is 5. The molecule has 136 valence electrons. The highest BCUT2D eigenvalue weighted by Crippen LogP contribution is 2.35. The number of fused-ring (bicyclic) bond motifs is 3. The molecule has 1 fully saturated rings. The molecule has 2 heterocycles. The van der Waals surface area contributed by atoms with Gasteiger partial charge in [0.25, 0.3) is 0 Å². The van der Waals surface area contributed by atoms with Crippen LogP contribution in [-0.4, -0.2) is 38.5 Å². The van der Waals surface area contributed by atoms with Crippen LogP contribution in [0.3, 0.4) is 0 Å². The fourth-order valence-corrected chi connectivity index (χ4v) is 3.87. The largest absolute Gasteiger partial charge is 0.343 e. The summed E-state index contributed by atoms with van der Waals surface area (Å²) < 4.78 is 1.92. The summed E-state index contributed by atoms with van der Waals surface area (Å²) in [6.07, 6.45) is 3.73. The normalized spacial score (nSPS) is 15.5. The van der Waals surface area contributed by atoms with Crippen molar-refractivity contribution < 1.29 is 4.79 Å². The Hall–Kier alpha value is -2.43. The maximum absolute atomic E-state index is 12.6. The molecule has 0 spiro atoms. The van der Waals surface area contributed by atoms with Gasteiger partial charge in [0, 0.05) is 36.3 Å². The Kier molecular flexibility index (Phi) is 4.17. The van der Waals surface area contributed by atoms with Gasteiger partial charge in [-0.2, -0.15) is 5.10 Å². The van der Waals surface area contributed by atoms with E-state index in [1.54, 1.807) is 0 Å². The molecule has 0 N–H and O–H groups in total. The third-order valence-corrected chi connectivity index (χ3v) is 5.92. The average molecular weight is 350 g/mol. The minimum Gasteiger partial charge on any atom is -0.343 e. The van der Waals surface area contributed by atoms with Gasteiger partial charge < -0.3 is 4.90 Å². The predicted octanol–water partition coefficient (Wildman–Crippen LogP) is 3.69. The van der Waals surface area contributed by atoms with Crippen LogP contribution in [0.5, 0.6) is 0 Å². The van der Waals surface area contributed by atoms with E-state index in [1.807, 2.05) is 41.6 Å². The molecule has 1 unspecified atom stereocenters. The molecule has 0 saturated heterocycles. The van der Waals surface area contributed by atoms with Crippen molar-refractivity contribution in [1.82, 2.24) is 19.5 Å². The number of carbonyl (C=O) groups excluding carboxylic acids is 1. The number of aryl methyl sites for hydroxylation is 2. The van der Waals surface area contributed by atoms with E-state index in [0.29, 0.717) is 24.8 Å². The average Bonchev–Trinajstić information content (AvgIpc) is 3.42. The van der Waals surface area contributed by atoms with Gasteiger partial charge in [-0.05, 0) is 63.6 Å². The predicted molar refractivity (Wildman–Crippen MR) is 103 cm³/mol. The number of hydrogen-bond donors (Lipinski definition) is 0. The zero-order valence-electron chi connectivity index (χ0n) is 16.0. The number of aromatic nitrogens is 3. The summed E-state index contributed by atoms with van der Waals surface area (Å²) >= 11 is 0. The number of benzene rings is 1. The summed E-state index contributed by atoms with van der Waals surface area (Å²) in [4.78, 5) is 19.3. The van der Waals surface area contributed by atoms with Crippen molar-refractivity contribution in [2.45, 2.75) is 52.5 Å². The van der Waals surface area contributed by atoms with Gasteiger partial charge in [-0.1, -0.05) is 12.1 Å². The highest BCUT2D eigenvalue weighted by molar-refractivity contribution is 5.92. The van der Waals surface area contributed by atoms with Gasteiger partial charge in [-0.15, -0.1) is 0 Å². The molecule has 1 aromatic carbocycles. The maximum atomic E-state index is 12.6. The van der Waals surface area contributed by atoms with Crippen molar-refractivity contribution in [2.24, 2.45) is 5.92 Å². The van der Waals surface area contributed by atoms with Crippen molar-refractivity contribution >= 4 is 22.5 Å². The van der Waals surface area contributed by atoms with Gasteiger partial charge in [0.15, 0.2) is 5.65 Å². The number of hydrogen-bond acceptors (Lipinski definition) is 3. The lowest BCUT2D eigenvalue weighted by Crippen LogP contribution is -2.36. The van der Waals surface area contributed by atoms with Crippen LogP contribution in [0.15, 0.2) is 24.3 Å². The van der Waals surface area contributed by atoms with Crippen LogP contribution in [0.2, 0.25) is 0 Å². The summed E-state index contributed by atoms with van der Waals surface area (Å²) in [6, 6.07) is 8.42. The quantitative estimate of drug-likeness (QED) is 0.705. The Labute approximate surface area is 154 Å². The number of nitrogens with zero attached hydrogens (tertiary/aromatic N) is 4. The van der Waals surface area contributed by atoms with Gasteiger partial charge in [0.05, 0.1) is 5.52 Å². The zero-order chi connectivity index (χ0) is 18.4. The third kappa shape index (κ3) is 2.85. The van der Waals surface area contributed by atoms with Crippen LogP contribution < -0.4 is 0 Å². The summed E-state index contributed by atoms with van der Waals surface area (Å²) in [5, 5.41) is 5.77.